The second-order valence-electron chi connectivity index (χ2n) is 6.38. The minimum Gasteiger partial charge on any atom is -0.314 e. The van der Waals surface area contributed by atoms with Crippen molar-refractivity contribution in [1.29, 1.82) is 0 Å². The Hall–Kier alpha value is -2.35. The van der Waals surface area contributed by atoms with Crippen molar-refractivity contribution in [3.8, 4) is 0 Å². The van der Waals surface area contributed by atoms with Gasteiger partial charge in [0.25, 0.3) is 0 Å². The molecule has 0 fully saturated rings. The highest BCUT2D eigenvalue weighted by Gasteiger charge is 2.18. The van der Waals surface area contributed by atoms with Crippen LogP contribution in [0.15, 0.2) is 48.7 Å². The van der Waals surface area contributed by atoms with E-state index >= 15 is 0 Å². The summed E-state index contributed by atoms with van der Waals surface area (Å²) in [5.74, 6) is 0. The predicted molar refractivity (Wildman–Crippen MR) is 103 cm³/mol. The van der Waals surface area contributed by atoms with Gasteiger partial charge in [-0.05, 0) is 62.4 Å². The Bertz CT molecular complexity index is 722. The molecule has 0 atom stereocenters. The second kappa shape index (κ2) is 7.96. The maximum Gasteiger partial charge on any atom is 0.120 e. The number of rotatable bonds is 7. The zero-order chi connectivity index (χ0) is 17.7. The van der Waals surface area contributed by atoms with Gasteiger partial charge >= 0.3 is 0 Å². The quantitative estimate of drug-likeness (QED) is 0.600. The molecule has 0 bridgehead atoms. The molecule has 0 unspecified atom stereocenters. The summed E-state index contributed by atoms with van der Waals surface area (Å²) in [6, 6.07) is 13.0. The van der Waals surface area contributed by atoms with Gasteiger partial charge in [0, 0.05) is 17.8 Å². The van der Waals surface area contributed by atoms with Crippen LogP contribution in [0.3, 0.4) is 0 Å². The van der Waals surface area contributed by atoms with E-state index in [-0.39, 0.29) is 0 Å². The van der Waals surface area contributed by atoms with Crippen LogP contribution >= 0.6 is 0 Å². The molecule has 0 amide bonds. The Kier molecular flexibility index (Phi) is 5.97. The van der Waals surface area contributed by atoms with Crippen LogP contribution in [0.5, 0.6) is 0 Å². The van der Waals surface area contributed by atoms with E-state index in [2.05, 4.69) is 75.6 Å². The fourth-order valence-electron chi connectivity index (χ4n) is 3.25. The van der Waals surface area contributed by atoms with Gasteiger partial charge in [-0.1, -0.05) is 43.3 Å². The van der Waals surface area contributed by atoms with Gasteiger partial charge in [-0.25, -0.2) is 0 Å². The Labute approximate surface area is 145 Å². The third kappa shape index (κ3) is 3.94. The molecule has 24 heavy (non-hydrogen) atoms. The number of anilines is 2. The highest BCUT2D eigenvalue weighted by molar-refractivity contribution is 5.74. The third-order valence-electron chi connectivity index (χ3n) is 4.30. The average Bonchev–Trinajstić information content (AvgIpc) is 2.55. The zero-order valence-electron chi connectivity index (χ0n) is 15.2. The first-order chi connectivity index (χ1) is 11.5. The minimum atomic E-state index is 0.493. The van der Waals surface area contributed by atoms with Gasteiger partial charge < -0.3 is 9.69 Å². The van der Waals surface area contributed by atoms with Gasteiger partial charge in [-0.15, -0.1) is 0 Å². The standard InChI is InChI=1S/C22H27NO/c1-6-20-10-7-11-21(15-20)23(19(5)9-8-12-24)22-17(3)13-16(2)14-18(22)4/h7,10-15H,5-6,8-9H2,1-4H3. The molecule has 2 aromatic carbocycles. The van der Waals surface area contributed by atoms with E-state index in [1.54, 1.807) is 0 Å². The van der Waals surface area contributed by atoms with Gasteiger partial charge in [0.15, 0.2) is 0 Å². The molecule has 0 saturated carbocycles. The van der Waals surface area contributed by atoms with Crippen molar-refractivity contribution in [3.63, 3.8) is 0 Å². The summed E-state index contributed by atoms with van der Waals surface area (Å²) in [6.07, 6.45) is 3.11. The first kappa shape index (κ1) is 18.0. The summed E-state index contributed by atoms with van der Waals surface area (Å²) in [7, 11) is 0. The van der Waals surface area contributed by atoms with E-state index in [9.17, 15) is 4.79 Å². The highest BCUT2D eigenvalue weighted by atomic mass is 16.1. The van der Waals surface area contributed by atoms with Gasteiger partial charge in [0.2, 0.25) is 0 Å². The van der Waals surface area contributed by atoms with Crippen molar-refractivity contribution >= 4 is 17.7 Å². The van der Waals surface area contributed by atoms with Gasteiger partial charge in [0.1, 0.15) is 6.29 Å². The number of carbonyl (C=O) groups is 1. The summed E-state index contributed by atoms with van der Waals surface area (Å²) >= 11 is 0. The molecule has 0 aliphatic rings. The number of carbonyl (C=O) groups excluding carboxylic acids is 1. The molecule has 2 rings (SSSR count). The van der Waals surface area contributed by atoms with Gasteiger partial charge in [-0.2, -0.15) is 0 Å². The summed E-state index contributed by atoms with van der Waals surface area (Å²) in [4.78, 5) is 13.0. The summed E-state index contributed by atoms with van der Waals surface area (Å²) in [6.45, 7) is 12.8. The van der Waals surface area contributed by atoms with E-state index in [4.69, 9.17) is 0 Å². The number of benzene rings is 2. The number of nitrogens with zero attached hydrogens (tertiary/aromatic N) is 1. The number of aryl methyl sites for hydroxylation is 4. The molecular weight excluding hydrogens is 294 g/mol. The molecule has 0 aliphatic carbocycles. The number of allylic oxidation sites excluding steroid dienone is 1. The van der Waals surface area contributed by atoms with E-state index in [0.717, 1.165) is 24.1 Å². The number of aldehydes is 1. The Morgan fingerprint density at radius 1 is 1.12 bits per heavy atom. The van der Waals surface area contributed by atoms with Crippen LogP contribution in [-0.2, 0) is 11.2 Å². The van der Waals surface area contributed by atoms with Crippen LogP contribution in [-0.4, -0.2) is 6.29 Å². The van der Waals surface area contributed by atoms with Gasteiger partial charge in [-0.3, -0.25) is 0 Å². The van der Waals surface area contributed by atoms with Crippen LogP contribution < -0.4 is 4.90 Å². The molecule has 0 radical (unpaired) electrons. The molecule has 0 spiro atoms. The molecule has 126 valence electrons. The molecule has 2 aromatic rings. The van der Waals surface area contributed by atoms with Crippen molar-refractivity contribution in [2.24, 2.45) is 0 Å². The monoisotopic (exact) mass is 321 g/mol. The summed E-state index contributed by atoms with van der Waals surface area (Å²) in [5.41, 5.74) is 8.23. The van der Waals surface area contributed by atoms with Crippen molar-refractivity contribution in [1.82, 2.24) is 0 Å². The Balaban J connectivity index is 2.59. The summed E-state index contributed by atoms with van der Waals surface area (Å²) in [5, 5.41) is 0. The molecule has 0 N–H and O–H groups in total. The lowest BCUT2D eigenvalue weighted by Crippen LogP contribution is -2.18. The molecule has 2 nitrogen and oxygen atoms in total. The molecule has 0 saturated heterocycles. The Morgan fingerprint density at radius 3 is 2.38 bits per heavy atom. The molecular formula is C22H27NO. The van der Waals surface area contributed by atoms with Crippen molar-refractivity contribution in [2.75, 3.05) is 4.90 Å². The highest BCUT2D eigenvalue weighted by Crippen LogP contribution is 2.36. The predicted octanol–water partition coefficient (Wildman–Crippen LogP) is 5.81. The lowest BCUT2D eigenvalue weighted by atomic mass is 10.0. The van der Waals surface area contributed by atoms with Crippen LogP contribution in [0, 0.1) is 20.8 Å². The van der Waals surface area contributed by atoms with Crippen LogP contribution in [0.4, 0.5) is 11.4 Å². The van der Waals surface area contributed by atoms with Crippen LogP contribution in [0.2, 0.25) is 0 Å². The smallest absolute Gasteiger partial charge is 0.120 e. The third-order valence-corrected chi connectivity index (χ3v) is 4.30. The summed E-state index contributed by atoms with van der Waals surface area (Å²) < 4.78 is 0. The SMILES string of the molecule is C=C(CCC=O)N(c1cccc(CC)c1)c1c(C)cc(C)cc1C. The fourth-order valence-corrected chi connectivity index (χ4v) is 3.25. The van der Waals surface area contributed by atoms with E-state index in [1.807, 2.05) is 0 Å². The van der Waals surface area contributed by atoms with Crippen LogP contribution in [0.1, 0.15) is 42.0 Å². The normalized spacial score (nSPS) is 10.5. The first-order valence-corrected chi connectivity index (χ1v) is 8.56. The zero-order valence-corrected chi connectivity index (χ0v) is 15.2. The lowest BCUT2D eigenvalue weighted by molar-refractivity contribution is -0.107. The second-order valence-corrected chi connectivity index (χ2v) is 6.38. The van der Waals surface area contributed by atoms with E-state index < -0.39 is 0 Å². The fraction of sp³-hybridized carbons (Fsp3) is 0.318. The number of hydrogen-bond donors (Lipinski definition) is 0. The largest absolute Gasteiger partial charge is 0.314 e. The van der Waals surface area contributed by atoms with Crippen LogP contribution in [0.25, 0.3) is 0 Å². The maximum atomic E-state index is 10.8. The van der Waals surface area contributed by atoms with Crippen molar-refractivity contribution in [3.05, 3.63) is 70.9 Å². The maximum absolute atomic E-state index is 10.8. The lowest BCUT2D eigenvalue weighted by Gasteiger charge is -2.30. The Morgan fingerprint density at radius 2 is 1.79 bits per heavy atom. The average molecular weight is 321 g/mol. The molecule has 2 heteroatoms. The molecule has 0 aromatic heterocycles. The topological polar surface area (TPSA) is 20.3 Å². The van der Waals surface area contributed by atoms with Gasteiger partial charge in [0.05, 0.1) is 5.69 Å². The molecule has 0 heterocycles. The minimum absolute atomic E-state index is 0.493. The molecule has 0 aliphatic heterocycles. The first-order valence-electron chi connectivity index (χ1n) is 8.56. The van der Waals surface area contributed by atoms with E-state index in [0.29, 0.717) is 12.8 Å². The van der Waals surface area contributed by atoms with Crippen molar-refractivity contribution < 1.29 is 4.79 Å². The number of hydrogen-bond acceptors (Lipinski definition) is 2. The van der Waals surface area contributed by atoms with E-state index in [1.165, 1.54) is 27.9 Å². The van der Waals surface area contributed by atoms with Crippen molar-refractivity contribution in [2.45, 2.75) is 47.0 Å².